The number of benzene rings is 1. The van der Waals surface area contributed by atoms with Crippen LogP contribution in [0.15, 0.2) is 36.4 Å². The van der Waals surface area contributed by atoms with Gasteiger partial charge in [0.1, 0.15) is 0 Å². The summed E-state index contributed by atoms with van der Waals surface area (Å²) in [6.45, 7) is 7.44. The molecule has 0 aliphatic carbocycles. The fourth-order valence-electron chi connectivity index (χ4n) is 1.36. The van der Waals surface area contributed by atoms with E-state index >= 15 is 0 Å². The molecule has 0 atom stereocenters. The van der Waals surface area contributed by atoms with Gasteiger partial charge >= 0.3 is 0 Å². The van der Waals surface area contributed by atoms with Gasteiger partial charge in [0.15, 0.2) is 0 Å². The Kier molecular flexibility index (Phi) is 6.54. The van der Waals surface area contributed by atoms with E-state index in [9.17, 15) is 0 Å². The summed E-state index contributed by atoms with van der Waals surface area (Å²) in [5, 5.41) is 3.30. The summed E-state index contributed by atoms with van der Waals surface area (Å²) in [5.41, 5.74) is 2.55. The molecule has 1 aromatic rings. The fraction of sp³-hybridized carbons (Fsp3) is 0.429. The van der Waals surface area contributed by atoms with Crippen LogP contribution in [0.2, 0.25) is 0 Å². The lowest BCUT2D eigenvalue weighted by Gasteiger charge is -2.05. The van der Waals surface area contributed by atoms with E-state index < -0.39 is 0 Å². The normalized spacial score (nSPS) is 11.1. The lowest BCUT2D eigenvalue weighted by Crippen LogP contribution is -2.11. The Morgan fingerprint density at radius 2 is 1.88 bits per heavy atom. The average molecular weight is 219 g/mol. The number of hydrogen-bond donors (Lipinski definition) is 1. The molecular weight excluding hydrogens is 198 g/mol. The number of ether oxygens (including phenoxy) is 1. The van der Waals surface area contributed by atoms with Crippen molar-refractivity contribution in [3.05, 3.63) is 47.5 Å². The first-order chi connectivity index (χ1) is 7.86. The van der Waals surface area contributed by atoms with E-state index in [1.54, 1.807) is 0 Å². The Morgan fingerprint density at radius 3 is 2.50 bits per heavy atom. The molecule has 0 aromatic heterocycles. The van der Waals surface area contributed by atoms with Gasteiger partial charge in [0.25, 0.3) is 0 Å². The molecular formula is C14H21NO. The molecule has 0 aliphatic heterocycles. The molecule has 0 bridgehead atoms. The second-order valence-electron chi connectivity index (χ2n) is 3.68. The van der Waals surface area contributed by atoms with Gasteiger partial charge in [-0.25, -0.2) is 0 Å². The molecule has 0 saturated carbocycles. The zero-order chi connectivity index (χ0) is 11.6. The van der Waals surface area contributed by atoms with E-state index in [2.05, 4.69) is 36.5 Å². The molecule has 88 valence electrons. The van der Waals surface area contributed by atoms with E-state index in [-0.39, 0.29) is 0 Å². The fourth-order valence-corrected chi connectivity index (χ4v) is 1.36. The van der Waals surface area contributed by atoms with Crippen LogP contribution in [0.4, 0.5) is 0 Å². The largest absolute Gasteiger partial charge is 0.373 e. The van der Waals surface area contributed by atoms with Gasteiger partial charge in [-0.15, -0.1) is 0 Å². The second-order valence-corrected chi connectivity index (χ2v) is 3.68. The van der Waals surface area contributed by atoms with E-state index in [1.807, 2.05) is 19.1 Å². The molecule has 0 unspecified atom stereocenters. The van der Waals surface area contributed by atoms with Crippen molar-refractivity contribution in [2.45, 2.75) is 27.0 Å². The minimum Gasteiger partial charge on any atom is -0.373 e. The van der Waals surface area contributed by atoms with Crippen molar-refractivity contribution in [3.63, 3.8) is 0 Å². The minimum absolute atomic E-state index is 0.686. The Hall–Kier alpha value is -1.12. The van der Waals surface area contributed by atoms with E-state index in [4.69, 9.17) is 4.74 Å². The van der Waals surface area contributed by atoms with Crippen molar-refractivity contribution >= 4 is 0 Å². The summed E-state index contributed by atoms with van der Waals surface area (Å²) in [6, 6.07) is 8.55. The maximum absolute atomic E-state index is 5.48. The number of allylic oxidation sites excluding steroid dienone is 1. The maximum atomic E-state index is 5.48. The second kappa shape index (κ2) is 8.08. The molecule has 0 saturated heterocycles. The molecule has 0 fully saturated rings. The van der Waals surface area contributed by atoms with E-state index in [1.165, 1.54) is 11.1 Å². The molecule has 2 heteroatoms. The summed E-state index contributed by atoms with van der Waals surface area (Å²) in [5.74, 6) is 0. The van der Waals surface area contributed by atoms with Crippen molar-refractivity contribution < 1.29 is 4.74 Å². The van der Waals surface area contributed by atoms with Crippen molar-refractivity contribution in [2.24, 2.45) is 0 Å². The van der Waals surface area contributed by atoms with Crippen LogP contribution < -0.4 is 5.32 Å². The minimum atomic E-state index is 0.686. The van der Waals surface area contributed by atoms with E-state index in [0.717, 1.165) is 13.1 Å². The lowest BCUT2D eigenvalue weighted by atomic mass is 10.1. The molecule has 0 heterocycles. The third-order valence-electron chi connectivity index (χ3n) is 2.32. The van der Waals surface area contributed by atoms with E-state index in [0.29, 0.717) is 13.2 Å². The summed E-state index contributed by atoms with van der Waals surface area (Å²) in [6.07, 6.45) is 4.01. The highest BCUT2D eigenvalue weighted by Gasteiger charge is 1.94. The molecule has 2 nitrogen and oxygen atoms in total. The van der Waals surface area contributed by atoms with Crippen molar-refractivity contribution in [1.29, 1.82) is 0 Å². The SMILES string of the molecule is CC=CCOCc1ccc(CNCC)cc1. The van der Waals surface area contributed by atoms with Gasteiger partial charge < -0.3 is 10.1 Å². The standard InChI is InChI=1S/C14H21NO/c1-3-5-10-16-12-14-8-6-13(7-9-14)11-15-4-2/h3,5-9,15H,4,10-12H2,1-2H3. The summed E-state index contributed by atoms with van der Waals surface area (Å²) < 4.78 is 5.48. The topological polar surface area (TPSA) is 21.3 Å². The van der Waals surface area contributed by atoms with Gasteiger partial charge in [0, 0.05) is 6.54 Å². The first-order valence-electron chi connectivity index (χ1n) is 5.84. The average Bonchev–Trinajstić information content (AvgIpc) is 2.33. The number of rotatable bonds is 7. The zero-order valence-corrected chi connectivity index (χ0v) is 10.2. The van der Waals surface area contributed by atoms with Gasteiger partial charge in [0.2, 0.25) is 0 Å². The van der Waals surface area contributed by atoms with Crippen LogP contribution in [0.1, 0.15) is 25.0 Å². The first-order valence-corrected chi connectivity index (χ1v) is 5.84. The summed E-state index contributed by atoms with van der Waals surface area (Å²) >= 11 is 0. The van der Waals surface area contributed by atoms with Gasteiger partial charge in [-0.1, -0.05) is 43.3 Å². The predicted molar refractivity (Wildman–Crippen MR) is 68.3 cm³/mol. The maximum Gasteiger partial charge on any atom is 0.0721 e. The van der Waals surface area contributed by atoms with Crippen molar-refractivity contribution in [2.75, 3.05) is 13.2 Å². The number of nitrogens with one attached hydrogen (secondary N) is 1. The highest BCUT2D eigenvalue weighted by molar-refractivity contribution is 5.21. The van der Waals surface area contributed by atoms with Gasteiger partial charge in [-0.2, -0.15) is 0 Å². The molecule has 0 amide bonds. The summed E-state index contributed by atoms with van der Waals surface area (Å²) in [4.78, 5) is 0. The first kappa shape index (κ1) is 12.9. The highest BCUT2D eigenvalue weighted by atomic mass is 16.5. The van der Waals surface area contributed by atoms with Crippen LogP contribution in [-0.4, -0.2) is 13.2 Å². The van der Waals surface area contributed by atoms with Crippen LogP contribution in [0.3, 0.4) is 0 Å². The summed E-state index contributed by atoms with van der Waals surface area (Å²) in [7, 11) is 0. The molecule has 1 aromatic carbocycles. The van der Waals surface area contributed by atoms with Crippen LogP contribution in [0, 0.1) is 0 Å². The lowest BCUT2D eigenvalue weighted by molar-refractivity contribution is 0.148. The van der Waals surface area contributed by atoms with Crippen LogP contribution in [0.5, 0.6) is 0 Å². The van der Waals surface area contributed by atoms with Crippen LogP contribution in [0.25, 0.3) is 0 Å². The third-order valence-corrected chi connectivity index (χ3v) is 2.32. The molecule has 0 radical (unpaired) electrons. The van der Waals surface area contributed by atoms with Gasteiger partial charge in [-0.05, 0) is 24.6 Å². The zero-order valence-electron chi connectivity index (χ0n) is 10.2. The quantitative estimate of drug-likeness (QED) is 0.562. The molecule has 1 N–H and O–H groups in total. The smallest absolute Gasteiger partial charge is 0.0721 e. The van der Waals surface area contributed by atoms with Crippen LogP contribution in [-0.2, 0) is 17.9 Å². The monoisotopic (exact) mass is 219 g/mol. The van der Waals surface area contributed by atoms with Gasteiger partial charge in [-0.3, -0.25) is 0 Å². The Labute approximate surface area is 98.3 Å². The van der Waals surface area contributed by atoms with Gasteiger partial charge in [0.05, 0.1) is 13.2 Å². The molecule has 1 rings (SSSR count). The molecule has 0 spiro atoms. The Bertz CT molecular complexity index is 303. The molecule has 16 heavy (non-hydrogen) atoms. The van der Waals surface area contributed by atoms with Crippen molar-refractivity contribution in [1.82, 2.24) is 5.32 Å². The van der Waals surface area contributed by atoms with Crippen molar-refractivity contribution in [3.8, 4) is 0 Å². The number of hydrogen-bond acceptors (Lipinski definition) is 2. The third kappa shape index (κ3) is 5.10. The molecule has 0 aliphatic rings. The highest BCUT2D eigenvalue weighted by Crippen LogP contribution is 2.05. The Balaban J connectivity index is 2.33. The van der Waals surface area contributed by atoms with Crippen LogP contribution >= 0.6 is 0 Å². The predicted octanol–water partition coefficient (Wildman–Crippen LogP) is 2.89. The Morgan fingerprint density at radius 1 is 1.19 bits per heavy atom.